The summed E-state index contributed by atoms with van der Waals surface area (Å²) in [6.07, 6.45) is 1.79. The number of fused-ring (bicyclic) bond motifs is 1. The predicted octanol–water partition coefficient (Wildman–Crippen LogP) is 2.99. The molecule has 0 saturated heterocycles. The van der Waals surface area contributed by atoms with Gasteiger partial charge in [-0.25, -0.2) is 9.82 Å². The van der Waals surface area contributed by atoms with Crippen molar-refractivity contribution in [1.29, 1.82) is 0 Å². The summed E-state index contributed by atoms with van der Waals surface area (Å²) in [7, 11) is 0. The van der Waals surface area contributed by atoms with E-state index in [0.29, 0.717) is 0 Å². The number of nitrogens with two attached hydrogens (primary N) is 1. The second-order valence-electron chi connectivity index (χ2n) is 4.22. The first kappa shape index (κ1) is 12.2. The Morgan fingerprint density at radius 1 is 1.16 bits per heavy atom. The smallest absolute Gasteiger partial charge is 0.123 e. The van der Waals surface area contributed by atoms with Gasteiger partial charge in [0.15, 0.2) is 0 Å². The Hall–Kier alpha value is -1.82. The summed E-state index contributed by atoms with van der Waals surface area (Å²) in [5.41, 5.74) is 5.60. The number of nitrogens with zero attached hydrogens (tertiary/aromatic N) is 1. The van der Waals surface area contributed by atoms with Crippen molar-refractivity contribution in [2.75, 3.05) is 0 Å². The number of halogens is 1. The number of pyridine rings is 1. The molecular formula is C14H12FN3S. The summed E-state index contributed by atoms with van der Waals surface area (Å²) >= 11 is 1.64. The van der Waals surface area contributed by atoms with Gasteiger partial charge in [0.1, 0.15) is 5.82 Å². The van der Waals surface area contributed by atoms with E-state index >= 15 is 0 Å². The van der Waals surface area contributed by atoms with E-state index in [-0.39, 0.29) is 11.9 Å². The fourth-order valence-electron chi connectivity index (χ4n) is 2.06. The van der Waals surface area contributed by atoms with Gasteiger partial charge >= 0.3 is 0 Å². The molecule has 0 bridgehead atoms. The molecule has 2 aromatic heterocycles. The molecule has 3 N–H and O–H groups in total. The lowest BCUT2D eigenvalue weighted by Crippen LogP contribution is -2.28. The van der Waals surface area contributed by atoms with Crippen molar-refractivity contribution in [3.05, 3.63) is 64.9 Å². The molecule has 0 aliphatic rings. The van der Waals surface area contributed by atoms with Crippen LogP contribution in [0.3, 0.4) is 0 Å². The predicted molar refractivity (Wildman–Crippen MR) is 75.2 cm³/mol. The Balaban J connectivity index is 2.03. The standard InChI is InChI=1S/C14H12FN3S/c15-11-3-1-9(2-4-11)14(18-16)10-7-13-12(17-8-10)5-6-19-13/h1-8,14,18H,16H2. The molecule has 0 spiro atoms. The van der Waals surface area contributed by atoms with E-state index in [0.717, 1.165) is 21.3 Å². The monoisotopic (exact) mass is 273 g/mol. The van der Waals surface area contributed by atoms with Crippen LogP contribution in [0, 0.1) is 5.82 Å². The van der Waals surface area contributed by atoms with Gasteiger partial charge in [0, 0.05) is 6.20 Å². The number of thiophene rings is 1. The number of hydrazine groups is 1. The van der Waals surface area contributed by atoms with Crippen molar-refractivity contribution in [1.82, 2.24) is 10.4 Å². The zero-order valence-corrected chi connectivity index (χ0v) is 10.8. The molecule has 3 rings (SSSR count). The van der Waals surface area contributed by atoms with E-state index in [1.54, 1.807) is 29.7 Å². The van der Waals surface area contributed by atoms with Crippen LogP contribution in [-0.4, -0.2) is 4.98 Å². The number of hydrogen-bond donors (Lipinski definition) is 2. The van der Waals surface area contributed by atoms with Crippen LogP contribution in [0.15, 0.2) is 48.0 Å². The molecule has 5 heteroatoms. The summed E-state index contributed by atoms with van der Waals surface area (Å²) in [5, 5.41) is 2.00. The maximum atomic E-state index is 13.0. The lowest BCUT2D eigenvalue weighted by atomic mass is 10.0. The largest absolute Gasteiger partial charge is 0.271 e. The van der Waals surface area contributed by atoms with Crippen molar-refractivity contribution in [2.45, 2.75) is 6.04 Å². The molecule has 0 aliphatic carbocycles. The molecule has 0 radical (unpaired) electrons. The van der Waals surface area contributed by atoms with Crippen molar-refractivity contribution in [3.8, 4) is 0 Å². The Kier molecular flexibility index (Phi) is 3.25. The normalized spacial score (nSPS) is 12.7. The third-order valence-corrected chi connectivity index (χ3v) is 3.88. The third-order valence-electron chi connectivity index (χ3n) is 3.03. The summed E-state index contributed by atoms with van der Waals surface area (Å²) in [4.78, 5) is 4.39. The molecule has 0 saturated carbocycles. The number of hydrogen-bond acceptors (Lipinski definition) is 4. The van der Waals surface area contributed by atoms with Crippen LogP contribution in [0.1, 0.15) is 17.2 Å². The topological polar surface area (TPSA) is 50.9 Å². The number of rotatable bonds is 3. The lowest BCUT2D eigenvalue weighted by molar-refractivity contribution is 0.615. The molecule has 2 heterocycles. The van der Waals surface area contributed by atoms with Crippen LogP contribution in [0.4, 0.5) is 4.39 Å². The van der Waals surface area contributed by atoms with Crippen LogP contribution in [0.5, 0.6) is 0 Å². The van der Waals surface area contributed by atoms with E-state index in [1.807, 2.05) is 11.4 Å². The molecule has 0 fully saturated rings. The van der Waals surface area contributed by atoms with Gasteiger partial charge in [-0.1, -0.05) is 12.1 Å². The SMILES string of the molecule is NNC(c1ccc(F)cc1)c1cnc2ccsc2c1. The van der Waals surface area contributed by atoms with Crippen LogP contribution >= 0.6 is 11.3 Å². The highest BCUT2D eigenvalue weighted by Crippen LogP contribution is 2.26. The second kappa shape index (κ2) is 5.05. The molecule has 1 aromatic carbocycles. The first-order valence-electron chi connectivity index (χ1n) is 5.82. The molecule has 1 unspecified atom stereocenters. The summed E-state index contributed by atoms with van der Waals surface area (Å²) in [5.74, 6) is 5.37. The second-order valence-corrected chi connectivity index (χ2v) is 5.17. The van der Waals surface area contributed by atoms with Gasteiger partial charge < -0.3 is 0 Å². The Labute approximate surface area is 113 Å². The van der Waals surface area contributed by atoms with Gasteiger partial charge in [0.2, 0.25) is 0 Å². The Morgan fingerprint density at radius 3 is 2.68 bits per heavy atom. The highest BCUT2D eigenvalue weighted by molar-refractivity contribution is 7.17. The van der Waals surface area contributed by atoms with Gasteiger partial charge in [-0.3, -0.25) is 10.8 Å². The highest BCUT2D eigenvalue weighted by Gasteiger charge is 2.13. The van der Waals surface area contributed by atoms with Gasteiger partial charge in [-0.15, -0.1) is 11.3 Å². The Bertz CT molecular complexity index is 693. The fourth-order valence-corrected chi connectivity index (χ4v) is 2.85. The molecule has 3 nitrogen and oxygen atoms in total. The highest BCUT2D eigenvalue weighted by atomic mass is 32.1. The van der Waals surface area contributed by atoms with Crippen LogP contribution in [-0.2, 0) is 0 Å². The van der Waals surface area contributed by atoms with Crippen molar-refractivity contribution in [2.24, 2.45) is 5.84 Å². The molecule has 1 atom stereocenters. The average molecular weight is 273 g/mol. The summed E-state index contributed by atoms with van der Waals surface area (Å²) < 4.78 is 14.1. The van der Waals surface area contributed by atoms with E-state index in [2.05, 4.69) is 16.5 Å². The maximum absolute atomic E-state index is 13.0. The van der Waals surface area contributed by atoms with Crippen LogP contribution in [0.2, 0.25) is 0 Å². The first-order valence-corrected chi connectivity index (χ1v) is 6.70. The zero-order chi connectivity index (χ0) is 13.2. The fraction of sp³-hybridized carbons (Fsp3) is 0.0714. The lowest BCUT2D eigenvalue weighted by Gasteiger charge is -2.16. The summed E-state index contributed by atoms with van der Waals surface area (Å²) in [6, 6.07) is 10.1. The Morgan fingerprint density at radius 2 is 1.95 bits per heavy atom. The minimum Gasteiger partial charge on any atom is -0.271 e. The first-order chi connectivity index (χ1) is 9.28. The number of nitrogens with one attached hydrogen (secondary N) is 1. The molecule has 0 amide bonds. The zero-order valence-electron chi connectivity index (χ0n) is 10.0. The van der Waals surface area contributed by atoms with E-state index in [4.69, 9.17) is 5.84 Å². The van der Waals surface area contributed by atoms with Crippen molar-refractivity contribution < 1.29 is 4.39 Å². The molecular weight excluding hydrogens is 261 g/mol. The number of aromatic nitrogens is 1. The van der Waals surface area contributed by atoms with E-state index < -0.39 is 0 Å². The van der Waals surface area contributed by atoms with Gasteiger partial charge in [-0.05, 0) is 40.8 Å². The minimum absolute atomic E-state index is 0.195. The minimum atomic E-state index is -0.258. The van der Waals surface area contributed by atoms with Crippen molar-refractivity contribution in [3.63, 3.8) is 0 Å². The molecule has 0 aliphatic heterocycles. The van der Waals surface area contributed by atoms with E-state index in [9.17, 15) is 4.39 Å². The quantitative estimate of drug-likeness (QED) is 0.570. The van der Waals surface area contributed by atoms with Crippen LogP contribution in [0.25, 0.3) is 10.2 Å². The maximum Gasteiger partial charge on any atom is 0.123 e. The van der Waals surface area contributed by atoms with Gasteiger partial charge in [-0.2, -0.15) is 0 Å². The van der Waals surface area contributed by atoms with E-state index in [1.165, 1.54) is 12.1 Å². The average Bonchev–Trinajstić information content (AvgIpc) is 2.89. The third kappa shape index (κ3) is 2.35. The number of benzene rings is 1. The van der Waals surface area contributed by atoms with Crippen LogP contribution < -0.4 is 11.3 Å². The molecule has 3 aromatic rings. The molecule has 96 valence electrons. The van der Waals surface area contributed by atoms with Gasteiger partial charge in [0.25, 0.3) is 0 Å². The summed E-state index contributed by atoms with van der Waals surface area (Å²) in [6.45, 7) is 0. The molecule has 19 heavy (non-hydrogen) atoms. The van der Waals surface area contributed by atoms with Crippen molar-refractivity contribution >= 4 is 21.6 Å². The van der Waals surface area contributed by atoms with Gasteiger partial charge in [0.05, 0.1) is 16.3 Å².